The van der Waals surface area contributed by atoms with Gasteiger partial charge in [-0.15, -0.1) is 10.2 Å². The van der Waals surface area contributed by atoms with Gasteiger partial charge < -0.3 is 14.8 Å². The highest BCUT2D eigenvalue weighted by atomic mass is 32.2. The third kappa shape index (κ3) is 5.58. The molecule has 3 aromatic rings. The number of aryl methyl sites for hydroxylation is 1. The van der Waals surface area contributed by atoms with Crippen LogP contribution in [0.4, 0.5) is 5.69 Å². The molecular formula is C25H31N5OS. The minimum atomic E-state index is -0.0390. The molecule has 0 unspecified atom stereocenters. The minimum absolute atomic E-state index is 0.0390. The van der Waals surface area contributed by atoms with Gasteiger partial charge in [0.1, 0.15) is 0 Å². The van der Waals surface area contributed by atoms with Crippen LogP contribution in [0, 0.1) is 6.92 Å². The Bertz CT molecular complexity index is 1040. The summed E-state index contributed by atoms with van der Waals surface area (Å²) in [4.78, 5) is 15.0. The van der Waals surface area contributed by atoms with Crippen LogP contribution >= 0.6 is 11.8 Å². The normalized spacial score (nSPS) is 14.1. The Morgan fingerprint density at radius 2 is 1.81 bits per heavy atom. The highest BCUT2D eigenvalue weighted by Gasteiger charge is 2.16. The molecule has 2 heterocycles. The molecule has 4 rings (SSSR count). The maximum Gasteiger partial charge on any atom is 0.234 e. The fourth-order valence-electron chi connectivity index (χ4n) is 4.08. The lowest BCUT2D eigenvalue weighted by Crippen LogP contribution is -2.21. The van der Waals surface area contributed by atoms with E-state index in [1.165, 1.54) is 43.3 Å². The number of amides is 1. The molecular weight excluding hydrogens is 418 g/mol. The Labute approximate surface area is 194 Å². The SMILES string of the molecule is CCn1c(SCC(=O)Nc2ccc(CCN3CCCC3)cc2)nnc1-c1ccccc1C. The molecule has 0 spiro atoms. The van der Waals surface area contributed by atoms with Crippen LogP contribution in [0.3, 0.4) is 0 Å². The van der Waals surface area contributed by atoms with Crippen molar-refractivity contribution in [3.63, 3.8) is 0 Å². The molecule has 1 fully saturated rings. The van der Waals surface area contributed by atoms with E-state index >= 15 is 0 Å². The quantitative estimate of drug-likeness (QED) is 0.482. The number of aromatic nitrogens is 3. The van der Waals surface area contributed by atoms with E-state index in [0.29, 0.717) is 5.75 Å². The maximum absolute atomic E-state index is 12.5. The van der Waals surface area contributed by atoms with Gasteiger partial charge in [0.05, 0.1) is 5.75 Å². The van der Waals surface area contributed by atoms with E-state index in [1.54, 1.807) is 0 Å². The molecule has 1 aromatic heterocycles. The number of nitrogens with one attached hydrogen (secondary N) is 1. The molecule has 168 valence electrons. The summed E-state index contributed by atoms with van der Waals surface area (Å²) in [6.07, 6.45) is 3.70. The molecule has 0 radical (unpaired) electrons. The van der Waals surface area contributed by atoms with Gasteiger partial charge in [-0.05, 0) is 69.5 Å². The number of hydrogen-bond donors (Lipinski definition) is 1. The fourth-order valence-corrected chi connectivity index (χ4v) is 4.88. The molecule has 1 N–H and O–H groups in total. The van der Waals surface area contributed by atoms with E-state index in [1.807, 2.05) is 24.3 Å². The number of hydrogen-bond acceptors (Lipinski definition) is 5. The Balaban J connectivity index is 1.31. The monoisotopic (exact) mass is 449 g/mol. The van der Waals surface area contributed by atoms with Crippen LogP contribution in [0.15, 0.2) is 53.7 Å². The third-order valence-corrected chi connectivity index (χ3v) is 6.87. The summed E-state index contributed by atoms with van der Waals surface area (Å²) < 4.78 is 2.06. The lowest BCUT2D eigenvalue weighted by Gasteiger charge is -2.14. The van der Waals surface area contributed by atoms with E-state index in [4.69, 9.17) is 0 Å². The number of thioether (sulfide) groups is 1. The molecule has 6 nitrogen and oxygen atoms in total. The van der Waals surface area contributed by atoms with Gasteiger partial charge in [-0.3, -0.25) is 4.79 Å². The summed E-state index contributed by atoms with van der Waals surface area (Å²) in [6.45, 7) is 8.46. The predicted molar refractivity (Wildman–Crippen MR) is 131 cm³/mol. The van der Waals surface area contributed by atoms with Crippen molar-refractivity contribution < 1.29 is 4.79 Å². The van der Waals surface area contributed by atoms with Gasteiger partial charge in [0.25, 0.3) is 0 Å². The number of benzene rings is 2. The van der Waals surface area contributed by atoms with E-state index in [0.717, 1.165) is 47.3 Å². The molecule has 2 aromatic carbocycles. The van der Waals surface area contributed by atoms with Gasteiger partial charge in [0.15, 0.2) is 11.0 Å². The molecule has 32 heavy (non-hydrogen) atoms. The first-order chi connectivity index (χ1) is 15.6. The second-order valence-corrected chi connectivity index (χ2v) is 9.14. The largest absolute Gasteiger partial charge is 0.325 e. The molecule has 1 aliphatic heterocycles. The molecule has 1 saturated heterocycles. The number of nitrogens with zero attached hydrogens (tertiary/aromatic N) is 4. The molecule has 7 heteroatoms. The standard InChI is InChI=1S/C25H31N5OS/c1-3-30-24(22-9-5-4-8-19(22)2)27-28-25(30)32-18-23(31)26-21-12-10-20(11-13-21)14-17-29-15-6-7-16-29/h4-5,8-13H,3,6-7,14-18H2,1-2H3,(H,26,31). The lowest BCUT2D eigenvalue weighted by atomic mass is 10.1. The molecule has 0 saturated carbocycles. The summed E-state index contributed by atoms with van der Waals surface area (Å²) in [5.74, 6) is 1.10. The van der Waals surface area contributed by atoms with Crippen LogP contribution in [0.5, 0.6) is 0 Å². The lowest BCUT2D eigenvalue weighted by molar-refractivity contribution is -0.113. The average molecular weight is 450 g/mol. The number of anilines is 1. The van der Waals surface area contributed by atoms with E-state index in [9.17, 15) is 4.79 Å². The summed E-state index contributed by atoms with van der Waals surface area (Å²) in [5, 5.41) is 12.5. The summed E-state index contributed by atoms with van der Waals surface area (Å²) in [7, 11) is 0. The number of carbonyl (C=O) groups excluding carboxylic acids is 1. The Hall–Kier alpha value is -2.64. The second-order valence-electron chi connectivity index (χ2n) is 8.20. The van der Waals surface area contributed by atoms with Crippen molar-refractivity contribution in [3.05, 3.63) is 59.7 Å². The van der Waals surface area contributed by atoms with Gasteiger partial charge in [0.2, 0.25) is 5.91 Å². The molecule has 0 bridgehead atoms. The zero-order valence-electron chi connectivity index (χ0n) is 18.9. The Morgan fingerprint density at radius 3 is 2.53 bits per heavy atom. The van der Waals surface area contributed by atoms with E-state index in [2.05, 4.69) is 63.1 Å². The molecule has 0 aliphatic carbocycles. The van der Waals surface area contributed by atoms with Crippen LogP contribution in [0.25, 0.3) is 11.4 Å². The van der Waals surface area contributed by atoms with Crippen molar-refractivity contribution in [1.29, 1.82) is 0 Å². The van der Waals surface area contributed by atoms with Crippen LogP contribution in [0.1, 0.15) is 30.9 Å². The number of rotatable bonds is 9. The Morgan fingerprint density at radius 1 is 1.06 bits per heavy atom. The van der Waals surface area contributed by atoms with Crippen LogP contribution < -0.4 is 5.32 Å². The number of likely N-dealkylation sites (tertiary alicyclic amines) is 1. The molecule has 1 aliphatic rings. The van der Waals surface area contributed by atoms with Crippen LogP contribution in [0.2, 0.25) is 0 Å². The van der Waals surface area contributed by atoms with Gasteiger partial charge in [-0.2, -0.15) is 0 Å². The average Bonchev–Trinajstić information content (AvgIpc) is 3.47. The highest BCUT2D eigenvalue weighted by molar-refractivity contribution is 7.99. The second kappa shape index (κ2) is 10.8. The summed E-state index contributed by atoms with van der Waals surface area (Å²) in [6, 6.07) is 16.4. The van der Waals surface area contributed by atoms with Crippen LogP contribution in [-0.4, -0.2) is 51.0 Å². The van der Waals surface area contributed by atoms with Crippen molar-refractivity contribution in [1.82, 2.24) is 19.7 Å². The molecule has 1 amide bonds. The topological polar surface area (TPSA) is 63.1 Å². The van der Waals surface area contributed by atoms with Gasteiger partial charge >= 0.3 is 0 Å². The van der Waals surface area contributed by atoms with Crippen molar-refractivity contribution in [2.75, 3.05) is 30.7 Å². The smallest absolute Gasteiger partial charge is 0.234 e. The van der Waals surface area contributed by atoms with E-state index < -0.39 is 0 Å². The van der Waals surface area contributed by atoms with Crippen molar-refractivity contribution in [3.8, 4) is 11.4 Å². The first-order valence-electron chi connectivity index (χ1n) is 11.4. The first-order valence-corrected chi connectivity index (χ1v) is 12.4. The summed E-state index contributed by atoms with van der Waals surface area (Å²) in [5.41, 5.74) is 4.37. The van der Waals surface area contributed by atoms with Gasteiger partial charge in [-0.25, -0.2) is 0 Å². The van der Waals surface area contributed by atoms with Crippen LogP contribution in [-0.2, 0) is 17.8 Å². The zero-order chi connectivity index (χ0) is 22.3. The van der Waals surface area contributed by atoms with Crippen molar-refractivity contribution in [2.45, 2.75) is 44.8 Å². The van der Waals surface area contributed by atoms with Crippen molar-refractivity contribution >= 4 is 23.4 Å². The minimum Gasteiger partial charge on any atom is -0.325 e. The zero-order valence-corrected chi connectivity index (χ0v) is 19.7. The number of carbonyl (C=O) groups is 1. The first kappa shape index (κ1) is 22.6. The Kier molecular flexibility index (Phi) is 7.60. The van der Waals surface area contributed by atoms with Gasteiger partial charge in [-0.1, -0.05) is 48.2 Å². The maximum atomic E-state index is 12.5. The third-order valence-electron chi connectivity index (χ3n) is 5.90. The van der Waals surface area contributed by atoms with Crippen molar-refractivity contribution in [2.24, 2.45) is 0 Å². The van der Waals surface area contributed by atoms with E-state index in [-0.39, 0.29) is 5.91 Å². The fraction of sp³-hybridized carbons (Fsp3) is 0.400. The summed E-state index contributed by atoms with van der Waals surface area (Å²) >= 11 is 1.42. The predicted octanol–water partition coefficient (Wildman–Crippen LogP) is 4.64. The highest BCUT2D eigenvalue weighted by Crippen LogP contribution is 2.26. The molecule has 0 atom stereocenters. The van der Waals surface area contributed by atoms with Gasteiger partial charge in [0, 0.05) is 24.3 Å².